The zero-order chi connectivity index (χ0) is 14.8. The normalized spacial score (nSPS) is 16.0. The van der Waals surface area contributed by atoms with Gasteiger partial charge in [-0.1, -0.05) is 48.5 Å². The van der Waals surface area contributed by atoms with E-state index in [2.05, 4.69) is 6.92 Å². The van der Waals surface area contributed by atoms with Crippen molar-refractivity contribution in [3.05, 3.63) is 52.5 Å². The Bertz CT molecular complexity index is 684. The third-order valence-corrected chi connectivity index (χ3v) is 5.03. The molecule has 0 amide bonds. The second kappa shape index (κ2) is 6.12. The summed E-state index contributed by atoms with van der Waals surface area (Å²) < 4.78 is 5.82. The number of carbonyl (C=O) groups excluding carboxylic acids is 1. The van der Waals surface area contributed by atoms with Crippen molar-refractivity contribution in [1.29, 1.82) is 0 Å². The van der Waals surface area contributed by atoms with Gasteiger partial charge in [0.05, 0.1) is 17.4 Å². The Hall–Kier alpha value is -1.45. The molecule has 0 saturated carbocycles. The largest absolute Gasteiger partial charge is 0.492 e. The van der Waals surface area contributed by atoms with Gasteiger partial charge in [-0.25, -0.2) is 0 Å². The topological polar surface area (TPSA) is 26.3 Å². The number of aldehydes is 1. The summed E-state index contributed by atoms with van der Waals surface area (Å²) >= 11 is 7.98. The Balaban J connectivity index is 2.15. The molecule has 1 aliphatic heterocycles. The van der Waals surface area contributed by atoms with Gasteiger partial charge in [-0.3, -0.25) is 0 Å². The molecule has 1 aliphatic rings. The smallest absolute Gasteiger partial charge is 0.133 e. The number of hydrogen-bond acceptors (Lipinski definition) is 3. The average Bonchev–Trinajstić information content (AvgIpc) is 2.52. The molecule has 0 spiro atoms. The van der Waals surface area contributed by atoms with Crippen molar-refractivity contribution in [1.82, 2.24) is 0 Å². The summed E-state index contributed by atoms with van der Waals surface area (Å²) in [6, 6.07) is 11.7. The van der Waals surface area contributed by atoms with Crippen LogP contribution in [-0.2, 0) is 4.79 Å². The van der Waals surface area contributed by atoms with E-state index < -0.39 is 0 Å². The van der Waals surface area contributed by atoms with Gasteiger partial charge in [0.1, 0.15) is 12.0 Å². The minimum atomic E-state index is -0.324. The molecule has 21 heavy (non-hydrogen) atoms. The van der Waals surface area contributed by atoms with Crippen LogP contribution in [0.2, 0.25) is 5.02 Å². The highest BCUT2D eigenvalue weighted by Gasteiger charge is 2.30. The molecule has 108 valence electrons. The Labute approximate surface area is 133 Å². The van der Waals surface area contributed by atoms with E-state index in [1.165, 1.54) is 0 Å². The monoisotopic (exact) mass is 318 g/mol. The van der Waals surface area contributed by atoms with Gasteiger partial charge >= 0.3 is 0 Å². The van der Waals surface area contributed by atoms with E-state index in [0.29, 0.717) is 11.6 Å². The number of carbonyl (C=O) groups is 1. The summed E-state index contributed by atoms with van der Waals surface area (Å²) in [5, 5.41) is 0.618. The van der Waals surface area contributed by atoms with Gasteiger partial charge < -0.3 is 9.53 Å². The van der Waals surface area contributed by atoms with Crippen LogP contribution in [0, 0.1) is 0 Å². The first-order valence-electron chi connectivity index (χ1n) is 6.93. The number of benzene rings is 2. The Morgan fingerprint density at radius 2 is 2.10 bits per heavy atom. The summed E-state index contributed by atoms with van der Waals surface area (Å²) in [6.07, 6.45) is 1.91. The number of hydrogen-bond donors (Lipinski definition) is 0. The fourth-order valence-electron chi connectivity index (χ4n) is 2.51. The summed E-state index contributed by atoms with van der Waals surface area (Å²) in [6.45, 7) is 2.72. The number of ether oxygens (including phenoxy) is 1. The fraction of sp³-hybridized carbons (Fsp3) is 0.235. The van der Waals surface area contributed by atoms with Crippen LogP contribution in [0.15, 0.2) is 46.2 Å². The highest BCUT2D eigenvalue weighted by Crippen LogP contribution is 2.51. The van der Waals surface area contributed by atoms with E-state index in [1.807, 2.05) is 36.4 Å². The molecule has 0 fully saturated rings. The van der Waals surface area contributed by atoms with Gasteiger partial charge in [-0.15, -0.1) is 0 Å². The Kier molecular flexibility index (Phi) is 4.22. The standard InChI is InChI=1S/C17H15ClO2S/c1-2-9-20-14-8-7-13(18)16-12(10-19)11-5-3-4-6-15(11)21-17(14)16/h3-8,10,12H,2,9H2,1H3. The van der Waals surface area contributed by atoms with Crippen LogP contribution in [0.1, 0.15) is 30.4 Å². The quantitative estimate of drug-likeness (QED) is 0.748. The minimum Gasteiger partial charge on any atom is -0.492 e. The molecule has 4 heteroatoms. The van der Waals surface area contributed by atoms with Crippen LogP contribution in [0.3, 0.4) is 0 Å². The summed E-state index contributed by atoms with van der Waals surface area (Å²) in [5.74, 6) is 0.484. The zero-order valence-corrected chi connectivity index (χ0v) is 13.2. The van der Waals surface area contributed by atoms with E-state index in [4.69, 9.17) is 16.3 Å². The fourth-order valence-corrected chi connectivity index (χ4v) is 4.10. The second-order valence-corrected chi connectivity index (χ2v) is 6.35. The molecular formula is C17H15ClO2S. The lowest BCUT2D eigenvalue weighted by atomic mass is 9.91. The minimum absolute atomic E-state index is 0.324. The van der Waals surface area contributed by atoms with Crippen LogP contribution in [0.4, 0.5) is 0 Å². The molecule has 1 unspecified atom stereocenters. The van der Waals surface area contributed by atoms with Gasteiger partial charge in [0.2, 0.25) is 0 Å². The maximum Gasteiger partial charge on any atom is 0.133 e. The van der Waals surface area contributed by atoms with Gasteiger partial charge in [-0.2, -0.15) is 0 Å². The van der Waals surface area contributed by atoms with Crippen LogP contribution < -0.4 is 4.74 Å². The lowest BCUT2D eigenvalue weighted by molar-refractivity contribution is -0.108. The first kappa shape index (κ1) is 14.5. The highest BCUT2D eigenvalue weighted by atomic mass is 35.5. The molecule has 0 radical (unpaired) electrons. The van der Waals surface area contributed by atoms with Gasteiger partial charge in [0, 0.05) is 15.5 Å². The molecule has 1 heterocycles. The van der Waals surface area contributed by atoms with E-state index >= 15 is 0 Å². The molecule has 2 nitrogen and oxygen atoms in total. The molecule has 0 N–H and O–H groups in total. The first-order chi connectivity index (χ1) is 10.3. The molecule has 0 aromatic heterocycles. The van der Waals surface area contributed by atoms with Gasteiger partial charge in [0.25, 0.3) is 0 Å². The molecule has 3 rings (SSSR count). The number of fused-ring (bicyclic) bond motifs is 2. The molecular weight excluding hydrogens is 304 g/mol. The average molecular weight is 319 g/mol. The number of rotatable bonds is 4. The predicted molar refractivity (Wildman–Crippen MR) is 85.7 cm³/mol. The van der Waals surface area contributed by atoms with Crippen molar-refractivity contribution in [2.24, 2.45) is 0 Å². The van der Waals surface area contributed by atoms with Crippen molar-refractivity contribution in [2.45, 2.75) is 29.1 Å². The summed E-state index contributed by atoms with van der Waals surface area (Å²) in [7, 11) is 0. The van der Waals surface area contributed by atoms with E-state index in [0.717, 1.165) is 39.4 Å². The van der Waals surface area contributed by atoms with Crippen molar-refractivity contribution in [2.75, 3.05) is 6.61 Å². The Morgan fingerprint density at radius 3 is 2.86 bits per heavy atom. The second-order valence-electron chi connectivity index (χ2n) is 4.89. The van der Waals surface area contributed by atoms with E-state index in [-0.39, 0.29) is 5.92 Å². The van der Waals surface area contributed by atoms with Crippen molar-refractivity contribution in [3.8, 4) is 5.75 Å². The third-order valence-electron chi connectivity index (χ3n) is 3.48. The molecule has 1 atom stereocenters. The van der Waals surface area contributed by atoms with E-state index in [9.17, 15) is 4.79 Å². The third kappa shape index (κ3) is 2.56. The van der Waals surface area contributed by atoms with Crippen molar-refractivity contribution in [3.63, 3.8) is 0 Å². The molecule has 0 aliphatic carbocycles. The molecule has 2 aromatic rings. The van der Waals surface area contributed by atoms with Crippen molar-refractivity contribution < 1.29 is 9.53 Å². The van der Waals surface area contributed by atoms with Crippen molar-refractivity contribution >= 4 is 29.6 Å². The molecule has 0 bridgehead atoms. The lowest BCUT2D eigenvalue weighted by Crippen LogP contribution is -2.11. The highest BCUT2D eigenvalue weighted by molar-refractivity contribution is 7.99. The van der Waals surface area contributed by atoms with Crippen LogP contribution in [0.5, 0.6) is 5.75 Å². The van der Waals surface area contributed by atoms with E-state index in [1.54, 1.807) is 11.8 Å². The molecule has 2 aromatic carbocycles. The molecule has 0 saturated heterocycles. The van der Waals surface area contributed by atoms with Gasteiger partial charge in [0.15, 0.2) is 0 Å². The van der Waals surface area contributed by atoms with Crippen LogP contribution in [-0.4, -0.2) is 12.9 Å². The summed E-state index contributed by atoms with van der Waals surface area (Å²) in [4.78, 5) is 13.7. The maximum absolute atomic E-state index is 11.7. The lowest BCUT2D eigenvalue weighted by Gasteiger charge is -2.26. The number of halogens is 1. The summed E-state index contributed by atoms with van der Waals surface area (Å²) in [5.41, 5.74) is 1.88. The SMILES string of the molecule is CCCOc1ccc(Cl)c2c1Sc1ccccc1C2C=O. The van der Waals surface area contributed by atoms with Crippen LogP contribution >= 0.6 is 23.4 Å². The maximum atomic E-state index is 11.7. The first-order valence-corrected chi connectivity index (χ1v) is 8.13. The zero-order valence-electron chi connectivity index (χ0n) is 11.6. The predicted octanol–water partition coefficient (Wildman–Crippen LogP) is 4.92. The Morgan fingerprint density at radius 1 is 1.29 bits per heavy atom. The van der Waals surface area contributed by atoms with Gasteiger partial charge in [-0.05, 0) is 30.2 Å². The van der Waals surface area contributed by atoms with Crippen LogP contribution in [0.25, 0.3) is 0 Å².